The van der Waals surface area contributed by atoms with Crippen molar-refractivity contribution >= 4 is 39.9 Å². The summed E-state index contributed by atoms with van der Waals surface area (Å²) in [5.41, 5.74) is 1.17. The minimum absolute atomic E-state index is 0.569. The number of halogens is 2. The summed E-state index contributed by atoms with van der Waals surface area (Å²) in [4.78, 5) is 2.41. The van der Waals surface area contributed by atoms with E-state index in [9.17, 15) is 0 Å². The van der Waals surface area contributed by atoms with Crippen molar-refractivity contribution in [3.05, 3.63) is 26.8 Å². The van der Waals surface area contributed by atoms with Crippen molar-refractivity contribution in [1.82, 2.24) is 5.32 Å². The number of rotatable bonds is 3. The van der Waals surface area contributed by atoms with Gasteiger partial charge in [-0.3, -0.25) is 0 Å². The Morgan fingerprint density at radius 2 is 2.33 bits per heavy atom. The maximum Gasteiger partial charge on any atom is 0.0650 e. The predicted octanol–water partition coefficient (Wildman–Crippen LogP) is 3.77. The molecule has 4 heteroatoms. The molecule has 1 heterocycles. The first kappa shape index (κ1) is 14.4. The van der Waals surface area contributed by atoms with Gasteiger partial charge < -0.3 is 10.2 Å². The van der Waals surface area contributed by atoms with E-state index in [4.69, 9.17) is 11.6 Å². The summed E-state index contributed by atoms with van der Waals surface area (Å²) in [7, 11) is 0. The van der Waals surface area contributed by atoms with Crippen LogP contribution in [-0.2, 0) is 0 Å². The molecule has 100 valence electrons. The molecule has 2 atom stereocenters. The van der Waals surface area contributed by atoms with Gasteiger partial charge in [-0.05, 0) is 46.7 Å². The van der Waals surface area contributed by atoms with Gasteiger partial charge in [0.05, 0.1) is 10.7 Å². The van der Waals surface area contributed by atoms with E-state index in [1.807, 2.05) is 6.07 Å². The molecular weight excluding hydrogens is 359 g/mol. The molecule has 0 amide bonds. The number of anilines is 1. The molecule has 1 saturated heterocycles. The van der Waals surface area contributed by atoms with Gasteiger partial charge in [-0.25, -0.2) is 0 Å². The largest absolute Gasteiger partial charge is 0.367 e. The monoisotopic (exact) mass is 378 g/mol. The highest BCUT2D eigenvalue weighted by Crippen LogP contribution is 2.29. The molecule has 1 fully saturated rings. The van der Waals surface area contributed by atoms with Gasteiger partial charge in [0.2, 0.25) is 0 Å². The molecule has 0 bridgehead atoms. The molecule has 0 aliphatic carbocycles. The van der Waals surface area contributed by atoms with Crippen molar-refractivity contribution in [2.24, 2.45) is 5.92 Å². The third-order valence-corrected chi connectivity index (χ3v) is 4.76. The summed E-state index contributed by atoms with van der Waals surface area (Å²) < 4.78 is 1.19. The Kier molecular flexibility index (Phi) is 5.15. The van der Waals surface area contributed by atoms with Gasteiger partial charge >= 0.3 is 0 Å². The Morgan fingerprint density at radius 1 is 1.56 bits per heavy atom. The van der Waals surface area contributed by atoms with Crippen LogP contribution in [0, 0.1) is 9.49 Å². The Hall–Kier alpha value is -0.000000000000000132. The Morgan fingerprint density at radius 3 is 3.00 bits per heavy atom. The summed E-state index contributed by atoms with van der Waals surface area (Å²) in [5, 5.41) is 4.48. The van der Waals surface area contributed by atoms with E-state index in [1.165, 1.54) is 15.7 Å². The average molecular weight is 379 g/mol. The molecule has 2 nitrogen and oxygen atoms in total. The van der Waals surface area contributed by atoms with Gasteiger partial charge in [0.1, 0.15) is 0 Å². The van der Waals surface area contributed by atoms with Crippen LogP contribution in [0.5, 0.6) is 0 Å². The van der Waals surface area contributed by atoms with Gasteiger partial charge in [0, 0.05) is 29.2 Å². The van der Waals surface area contributed by atoms with Crippen molar-refractivity contribution in [1.29, 1.82) is 0 Å². The van der Waals surface area contributed by atoms with Gasteiger partial charge in [0.15, 0.2) is 0 Å². The molecule has 0 spiro atoms. The fourth-order valence-corrected chi connectivity index (χ4v) is 3.38. The van der Waals surface area contributed by atoms with Gasteiger partial charge in [-0.15, -0.1) is 0 Å². The second-order valence-corrected chi connectivity index (χ2v) is 6.64. The SMILES string of the molecule is CCC(C)C1CN(c2ccc(I)cc2Cl)CCN1. The molecule has 2 rings (SSSR count). The van der Waals surface area contributed by atoms with Crippen LogP contribution in [0.25, 0.3) is 0 Å². The van der Waals surface area contributed by atoms with Crippen molar-refractivity contribution in [3.63, 3.8) is 0 Å². The molecule has 0 aromatic heterocycles. The summed E-state index contributed by atoms with van der Waals surface area (Å²) in [6.45, 7) is 7.69. The highest BCUT2D eigenvalue weighted by atomic mass is 127. The number of hydrogen-bond donors (Lipinski definition) is 1. The second kappa shape index (κ2) is 6.44. The molecule has 1 aliphatic heterocycles. The molecule has 1 N–H and O–H groups in total. The number of hydrogen-bond acceptors (Lipinski definition) is 2. The zero-order valence-corrected chi connectivity index (χ0v) is 13.8. The fourth-order valence-electron chi connectivity index (χ4n) is 2.40. The van der Waals surface area contributed by atoms with Crippen LogP contribution in [-0.4, -0.2) is 25.7 Å². The molecule has 18 heavy (non-hydrogen) atoms. The maximum atomic E-state index is 6.36. The average Bonchev–Trinajstić information content (AvgIpc) is 2.38. The van der Waals surface area contributed by atoms with Crippen LogP contribution in [0.4, 0.5) is 5.69 Å². The number of piperazine rings is 1. The molecule has 1 aliphatic rings. The molecule has 0 radical (unpaired) electrons. The minimum atomic E-state index is 0.569. The highest BCUT2D eigenvalue weighted by Gasteiger charge is 2.24. The third kappa shape index (κ3) is 3.31. The molecule has 1 aromatic rings. The minimum Gasteiger partial charge on any atom is -0.367 e. The summed E-state index contributed by atoms with van der Waals surface area (Å²) in [6.07, 6.45) is 1.21. The Bertz CT molecular complexity index is 411. The lowest BCUT2D eigenvalue weighted by molar-refractivity contribution is 0.342. The standard InChI is InChI=1S/C14H20ClIN2/c1-3-10(2)13-9-18(7-6-17-13)14-5-4-11(16)8-12(14)15/h4-5,8,10,13,17H,3,6-7,9H2,1-2H3. The molecule has 0 saturated carbocycles. The Balaban J connectivity index is 2.13. The zero-order valence-electron chi connectivity index (χ0n) is 10.9. The number of nitrogens with one attached hydrogen (secondary N) is 1. The first-order valence-corrected chi connectivity index (χ1v) is 8.01. The van der Waals surface area contributed by atoms with E-state index in [0.29, 0.717) is 12.0 Å². The second-order valence-electron chi connectivity index (χ2n) is 4.99. The number of nitrogens with zero attached hydrogens (tertiary/aromatic N) is 1. The van der Waals surface area contributed by atoms with Crippen LogP contribution in [0.2, 0.25) is 5.02 Å². The van der Waals surface area contributed by atoms with Gasteiger partial charge in [-0.2, -0.15) is 0 Å². The lowest BCUT2D eigenvalue weighted by atomic mass is 9.97. The van der Waals surface area contributed by atoms with E-state index >= 15 is 0 Å². The fraction of sp³-hybridized carbons (Fsp3) is 0.571. The Labute approximate surface area is 128 Å². The van der Waals surface area contributed by atoms with Crippen LogP contribution in [0.3, 0.4) is 0 Å². The van der Waals surface area contributed by atoms with Crippen LogP contribution in [0.1, 0.15) is 20.3 Å². The van der Waals surface area contributed by atoms with E-state index in [1.54, 1.807) is 0 Å². The lowest BCUT2D eigenvalue weighted by Crippen LogP contribution is -2.53. The van der Waals surface area contributed by atoms with Crippen LogP contribution >= 0.6 is 34.2 Å². The molecule has 1 aromatic carbocycles. The molecular formula is C14H20ClIN2. The van der Waals surface area contributed by atoms with Gasteiger partial charge in [-0.1, -0.05) is 31.9 Å². The first-order valence-electron chi connectivity index (χ1n) is 6.55. The van der Waals surface area contributed by atoms with Crippen molar-refractivity contribution in [3.8, 4) is 0 Å². The summed E-state index contributed by atoms with van der Waals surface area (Å²) in [5.74, 6) is 0.704. The van der Waals surface area contributed by atoms with E-state index in [-0.39, 0.29) is 0 Å². The van der Waals surface area contributed by atoms with E-state index < -0.39 is 0 Å². The summed E-state index contributed by atoms with van der Waals surface area (Å²) >= 11 is 8.66. The van der Waals surface area contributed by atoms with Crippen LogP contribution in [0.15, 0.2) is 18.2 Å². The summed E-state index contributed by atoms with van der Waals surface area (Å²) in [6, 6.07) is 6.88. The van der Waals surface area contributed by atoms with E-state index in [2.05, 4.69) is 58.8 Å². The highest BCUT2D eigenvalue weighted by molar-refractivity contribution is 14.1. The van der Waals surface area contributed by atoms with Crippen LogP contribution < -0.4 is 10.2 Å². The quantitative estimate of drug-likeness (QED) is 0.806. The van der Waals surface area contributed by atoms with Gasteiger partial charge in [0.25, 0.3) is 0 Å². The maximum absolute atomic E-state index is 6.36. The number of benzene rings is 1. The van der Waals surface area contributed by atoms with E-state index in [0.717, 1.165) is 24.7 Å². The molecule has 2 unspecified atom stereocenters. The zero-order chi connectivity index (χ0) is 13.1. The third-order valence-electron chi connectivity index (χ3n) is 3.79. The van der Waals surface area contributed by atoms with Crippen molar-refractivity contribution < 1.29 is 0 Å². The smallest absolute Gasteiger partial charge is 0.0650 e. The lowest BCUT2D eigenvalue weighted by Gasteiger charge is -2.38. The van der Waals surface area contributed by atoms with Crippen molar-refractivity contribution in [2.75, 3.05) is 24.5 Å². The van der Waals surface area contributed by atoms with Crippen molar-refractivity contribution in [2.45, 2.75) is 26.3 Å². The normalized spacial score (nSPS) is 22.0. The predicted molar refractivity (Wildman–Crippen MR) is 87.6 cm³/mol. The first-order chi connectivity index (χ1) is 8.61. The topological polar surface area (TPSA) is 15.3 Å².